The van der Waals surface area contributed by atoms with Gasteiger partial charge in [0.15, 0.2) is 11.4 Å². The fourth-order valence-electron chi connectivity index (χ4n) is 1.17. The van der Waals surface area contributed by atoms with Crippen molar-refractivity contribution in [1.82, 2.24) is 15.0 Å². The van der Waals surface area contributed by atoms with Crippen LogP contribution in [0, 0.1) is 6.92 Å². The summed E-state index contributed by atoms with van der Waals surface area (Å²) in [6.07, 6.45) is 2.16. The van der Waals surface area contributed by atoms with Crippen LogP contribution in [-0.4, -0.2) is 21.2 Å². The van der Waals surface area contributed by atoms with Crippen molar-refractivity contribution in [1.29, 1.82) is 0 Å². The Bertz CT molecular complexity index is 513. The Labute approximate surface area is 85.0 Å². The summed E-state index contributed by atoms with van der Waals surface area (Å²) in [5.74, 6) is 0.562. The van der Waals surface area contributed by atoms with E-state index in [1.165, 1.54) is 6.20 Å². The maximum Gasteiger partial charge on any atom is 0.159 e. The van der Waals surface area contributed by atoms with E-state index in [0.717, 1.165) is 6.29 Å². The van der Waals surface area contributed by atoms with Gasteiger partial charge in [-0.1, -0.05) is 11.6 Å². The van der Waals surface area contributed by atoms with E-state index in [0.29, 0.717) is 27.6 Å². The van der Waals surface area contributed by atoms with Crippen LogP contribution >= 0.6 is 11.6 Å². The topological polar surface area (TPSA) is 55.7 Å². The number of hydrogen-bond acceptors (Lipinski definition) is 4. The average molecular weight is 208 g/mol. The Balaban J connectivity index is 2.81. The summed E-state index contributed by atoms with van der Waals surface area (Å²) in [6, 6.07) is 1.63. The molecule has 2 aromatic rings. The third-order valence-electron chi connectivity index (χ3n) is 1.76. The van der Waals surface area contributed by atoms with Gasteiger partial charge in [-0.15, -0.1) is 0 Å². The van der Waals surface area contributed by atoms with Crippen molar-refractivity contribution in [2.45, 2.75) is 6.92 Å². The second-order valence-corrected chi connectivity index (χ2v) is 3.17. The highest BCUT2D eigenvalue weighted by Crippen LogP contribution is 2.17. The van der Waals surface area contributed by atoms with Crippen LogP contribution in [0.15, 0.2) is 12.3 Å². The maximum atomic E-state index is 10.5. The molecular formula is C9H6ClN3O. The SMILES string of the molecule is Cc1nc(Cl)c2ncc(C=O)cc2n1. The fraction of sp³-hybridized carbons (Fsp3) is 0.111. The summed E-state index contributed by atoms with van der Waals surface area (Å²) in [5, 5.41) is 0.310. The van der Waals surface area contributed by atoms with Crippen molar-refractivity contribution in [2.24, 2.45) is 0 Å². The van der Waals surface area contributed by atoms with E-state index in [4.69, 9.17) is 11.6 Å². The van der Waals surface area contributed by atoms with Gasteiger partial charge in [0.2, 0.25) is 0 Å². The molecule has 14 heavy (non-hydrogen) atoms. The largest absolute Gasteiger partial charge is 0.298 e. The molecule has 0 spiro atoms. The van der Waals surface area contributed by atoms with Crippen LogP contribution in [0.3, 0.4) is 0 Å². The van der Waals surface area contributed by atoms with Gasteiger partial charge in [-0.3, -0.25) is 9.78 Å². The molecule has 0 N–H and O–H groups in total. The van der Waals surface area contributed by atoms with Gasteiger partial charge in [0.05, 0.1) is 5.52 Å². The van der Waals surface area contributed by atoms with Gasteiger partial charge < -0.3 is 0 Å². The lowest BCUT2D eigenvalue weighted by atomic mass is 10.2. The molecule has 0 radical (unpaired) electrons. The molecule has 0 saturated carbocycles. The summed E-state index contributed by atoms with van der Waals surface area (Å²) in [7, 11) is 0. The van der Waals surface area contributed by atoms with Crippen molar-refractivity contribution in [2.75, 3.05) is 0 Å². The first kappa shape index (κ1) is 9.02. The summed E-state index contributed by atoms with van der Waals surface area (Å²) in [6.45, 7) is 1.74. The van der Waals surface area contributed by atoms with Crippen LogP contribution in [0.5, 0.6) is 0 Å². The zero-order valence-electron chi connectivity index (χ0n) is 7.36. The average Bonchev–Trinajstić information content (AvgIpc) is 2.16. The van der Waals surface area contributed by atoms with Gasteiger partial charge in [0.25, 0.3) is 0 Å². The minimum Gasteiger partial charge on any atom is -0.298 e. The highest BCUT2D eigenvalue weighted by molar-refractivity contribution is 6.33. The van der Waals surface area contributed by atoms with Crippen molar-refractivity contribution in [3.05, 3.63) is 28.8 Å². The molecule has 2 heterocycles. The van der Waals surface area contributed by atoms with E-state index in [2.05, 4.69) is 15.0 Å². The molecule has 0 atom stereocenters. The van der Waals surface area contributed by atoms with E-state index in [1.807, 2.05) is 0 Å². The zero-order valence-corrected chi connectivity index (χ0v) is 8.12. The molecule has 0 aromatic carbocycles. The monoisotopic (exact) mass is 207 g/mol. The smallest absolute Gasteiger partial charge is 0.159 e. The zero-order chi connectivity index (χ0) is 10.1. The van der Waals surface area contributed by atoms with Gasteiger partial charge in [0.1, 0.15) is 11.3 Å². The Kier molecular flexibility index (Phi) is 2.13. The number of aryl methyl sites for hydroxylation is 1. The van der Waals surface area contributed by atoms with Crippen molar-refractivity contribution in [3.8, 4) is 0 Å². The number of aldehydes is 1. The van der Waals surface area contributed by atoms with Gasteiger partial charge in [-0.25, -0.2) is 9.97 Å². The number of fused-ring (bicyclic) bond motifs is 1. The standard InChI is InChI=1S/C9H6ClN3O/c1-5-12-7-2-6(4-14)3-11-8(7)9(10)13-5/h2-4H,1H3. The van der Waals surface area contributed by atoms with Crippen LogP contribution in [0.2, 0.25) is 5.15 Å². The van der Waals surface area contributed by atoms with E-state index < -0.39 is 0 Å². The van der Waals surface area contributed by atoms with Crippen LogP contribution in [-0.2, 0) is 0 Å². The number of hydrogen-bond donors (Lipinski definition) is 0. The van der Waals surface area contributed by atoms with Crippen LogP contribution in [0.4, 0.5) is 0 Å². The predicted octanol–water partition coefficient (Wildman–Crippen LogP) is 1.80. The number of pyridine rings is 1. The third-order valence-corrected chi connectivity index (χ3v) is 2.03. The number of carbonyl (C=O) groups is 1. The van der Waals surface area contributed by atoms with Crippen LogP contribution in [0.1, 0.15) is 16.2 Å². The van der Waals surface area contributed by atoms with E-state index >= 15 is 0 Å². The number of carbonyl (C=O) groups excluding carboxylic acids is 1. The molecule has 0 aliphatic rings. The molecule has 0 unspecified atom stereocenters. The molecule has 0 aliphatic heterocycles. The molecule has 0 saturated heterocycles. The Hall–Kier alpha value is -1.55. The number of nitrogens with zero attached hydrogens (tertiary/aromatic N) is 3. The summed E-state index contributed by atoms with van der Waals surface area (Å²) >= 11 is 5.86. The van der Waals surface area contributed by atoms with Crippen LogP contribution < -0.4 is 0 Å². The molecule has 0 bridgehead atoms. The number of rotatable bonds is 1. The Morgan fingerprint density at radius 1 is 1.43 bits per heavy atom. The molecule has 5 heteroatoms. The van der Waals surface area contributed by atoms with Crippen molar-refractivity contribution >= 4 is 28.9 Å². The van der Waals surface area contributed by atoms with E-state index in [-0.39, 0.29) is 0 Å². The first-order valence-electron chi connectivity index (χ1n) is 3.96. The first-order valence-corrected chi connectivity index (χ1v) is 4.33. The molecule has 0 aliphatic carbocycles. The summed E-state index contributed by atoms with van der Waals surface area (Å²) in [4.78, 5) is 22.6. The van der Waals surface area contributed by atoms with Gasteiger partial charge in [0, 0.05) is 11.8 Å². The second-order valence-electron chi connectivity index (χ2n) is 2.82. The molecular weight excluding hydrogens is 202 g/mol. The lowest BCUT2D eigenvalue weighted by Gasteiger charge is -2.00. The second kappa shape index (κ2) is 3.31. The lowest BCUT2D eigenvalue weighted by molar-refractivity contribution is 0.112. The highest BCUT2D eigenvalue weighted by atomic mass is 35.5. The lowest BCUT2D eigenvalue weighted by Crippen LogP contribution is -1.93. The molecule has 0 fully saturated rings. The minimum absolute atomic E-state index is 0.310. The fourth-order valence-corrected chi connectivity index (χ4v) is 1.44. The Morgan fingerprint density at radius 3 is 2.93 bits per heavy atom. The molecule has 70 valence electrons. The summed E-state index contributed by atoms with van der Waals surface area (Å²) in [5.41, 5.74) is 1.58. The summed E-state index contributed by atoms with van der Waals surface area (Å²) < 4.78 is 0. The van der Waals surface area contributed by atoms with Gasteiger partial charge >= 0.3 is 0 Å². The van der Waals surface area contributed by atoms with Crippen molar-refractivity contribution in [3.63, 3.8) is 0 Å². The molecule has 2 aromatic heterocycles. The minimum atomic E-state index is 0.310. The normalized spacial score (nSPS) is 10.4. The van der Waals surface area contributed by atoms with E-state index in [1.54, 1.807) is 13.0 Å². The molecule has 0 amide bonds. The first-order chi connectivity index (χ1) is 6.70. The maximum absolute atomic E-state index is 10.5. The van der Waals surface area contributed by atoms with Gasteiger partial charge in [-0.05, 0) is 13.0 Å². The van der Waals surface area contributed by atoms with Crippen LogP contribution in [0.25, 0.3) is 11.0 Å². The molecule has 4 nitrogen and oxygen atoms in total. The molecule has 2 rings (SSSR count). The van der Waals surface area contributed by atoms with Gasteiger partial charge in [-0.2, -0.15) is 0 Å². The predicted molar refractivity (Wildman–Crippen MR) is 52.5 cm³/mol. The quantitative estimate of drug-likeness (QED) is 0.529. The number of halogens is 1. The van der Waals surface area contributed by atoms with Crippen molar-refractivity contribution < 1.29 is 4.79 Å². The number of aromatic nitrogens is 3. The highest BCUT2D eigenvalue weighted by Gasteiger charge is 2.05. The third kappa shape index (κ3) is 1.44. The van der Waals surface area contributed by atoms with E-state index in [9.17, 15) is 4.79 Å². The Morgan fingerprint density at radius 2 is 2.21 bits per heavy atom.